The van der Waals surface area contributed by atoms with Crippen LogP contribution in [-0.4, -0.2) is 61.6 Å². The standard InChI is InChI=1S/C30H28FN3O8S3/c31-28-10-1-18(11-26(28)20-3-2-19-12-25(44(36,37)38)14-29(27(19)13-20)45(39,40)41)15-32-30(35)33-21-4-8-24(9-5-21)43-34-16-22-6-7-23(17-34)42-22/h1-5,8-14,22-23H,6-7,15-17H2,(H2,32,33,35)(H,36,37,38)(H,39,40,41). The zero-order valence-electron chi connectivity index (χ0n) is 23.5. The molecule has 15 heteroatoms. The van der Waals surface area contributed by atoms with Crippen LogP contribution in [0.1, 0.15) is 18.4 Å². The lowest BCUT2D eigenvalue weighted by molar-refractivity contribution is -0.00838. The van der Waals surface area contributed by atoms with E-state index in [1.807, 2.05) is 24.3 Å². The number of fused-ring (bicyclic) bond motifs is 3. The average molecular weight is 674 g/mol. The molecule has 0 aliphatic carbocycles. The van der Waals surface area contributed by atoms with Gasteiger partial charge in [-0.05, 0) is 95.9 Å². The molecule has 2 aliphatic rings. The molecule has 4 aromatic rings. The molecule has 4 aromatic carbocycles. The molecule has 236 valence electrons. The van der Waals surface area contributed by atoms with E-state index in [1.54, 1.807) is 11.9 Å². The van der Waals surface area contributed by atoms with Gasteiger partial charge in [0.15, 0.2) is 0 Å². The van der Waals surface area contributed by atoms with Crippen LogP contribution in [0.4, 0.5) is 14.9 Å². The van der Waals surface area contributed by atoms with Crippen molar-refractivity contribution >= 4 is 54.7 Å². The van der Waals surface area contributed by atoms with Gasteiger partial charge in [0.1, 0.15) is 10.7 Å². The third-order valence-electron chi connectivity index (χ3n) is 7.62. The minimum atomic E-state index is -4.92. The van der Waals surface area contributed by atoms with Crippen molar-refractivity contribution in [1.82, 2.24) is 9.62 Å². The first-order valence-corrected chi connectivity index (χ1v) is 17.5. The minimum Gasteiger partial charge on any atom is -0.372 e. The maximum Gasteiger partial charge on any atom is 0.319 e. The summed E-state index contributed by atoms with van der Waals surface area (Å²) in [5.74, 6) is -0.631. The van der Waals surface area contributed by atoms with Crippen molar-refractivity contribution in [3.05, 3.63) is 84.2 Å². The molecule has 2 atom stereocenters. The second-order valence-electron chi connectivity index (χ2n) is 10.8. The molecule has 2 aliphatic heterocycles. The minimum absolute atomic E-state index is 0.0496. The van der Waals surface area contributed by atoms with Crippen molar-refractivity contribution in [3.63, 3.8) is 0 Å². The highest BCUT2D eigenvalue weighted by Gasteiger charge is 2.34. The summed E-state index contributed by atoms with van der Waals surface area (Å²) in [4.78, 5) is 12.2. The van der Waals surface area contributed by atoms with Crippen LogP contribution in [0.5, 0.6) is 0 Å². The van der Waals surface area contributed by atoms with Crippen LogP contribution >= 0.6 is 11.9 Å². The Balaban J connectivity index is 1.13. The zero-order chi connectivity index (χ0) is 31.9. The predicted octanol–water partition coefficient (Wildman–Crippen LogP) is 5.33. The summed E-state index contributed by atoms with van der Waals surface area (Å²) < 4.78 is 89.6. The molecule has 0 spiro atoms. The topological polar surface area (TPSA) is 162 Å². The van der Waals surface area contributed by atoms with Crippen molar-refractivity contribution in [1.29, 1.82) is 0 Å². The number of urea groups is 1. The number of carbonyl (C=O) groups excluding carboxylic acids is 1. The summed E-state index contributed by atoms with van der Waals surface area (Å²) in [6.07, 6.45) is 2.80. The van der Waals surface area contributed by atoms with E-state index in [9.17, 15) is 35.1 Å². The Morgan fingerprint density at radius 1 is 0.911 bits per heavy atom. The van der Waals surface area contributed by atoms with Gasteiger partial charge in [-0.25, -0.2) is 13.5 Å². The molecule has 2 bridgehead atoms. The Hall–Kier alpha value is -3.57. The number of amides is 2. The number of benzene rings is 4. The van der Waals surface area contributed by atoms with Gasteiger partial charge in [-0.2, -0.15) is 16.8 Å². The number of halogens is 1. The summed E-state index contributed by atoms with van der Waals surface area (Å²) in [5.41, 5.74) is 1.46. The Kier molecular flexibility index (Phi) is 8.60. The van der Waals surface area contributed by atoms with E-state index in [0.29, 0.717) is 29.5 Å². The number of nitrogens with one attached hydrogen (secondary N) is 2. The largest absolute Gasteiger partial charge is 0.372 e. The van der Waals surface area contributed by atoms with E-state index >= 15 is 0 Å². The fourth-order valence-electron chi connectivity index (χ4n) is 5.49. The molecule has 45 heavy (non-hydrogen) atoms. The van der Waals surface area contributed by atoms with E-state index in [4.69, 9.17) is 4.74 Å². The average Bonchev–Trinajstić information content (AvgIpc) is 3.33. The SMILES string of the molecule is O=C(NCc1ccc(F)c(-c2ccc3cc(S(=O)(=O)O)cc(S(=O)(=O)O)c3c2)c1)Nc1ccc(SN2CC3CCC(C2)O3)cc1. The van der Waals surface area contributed by atoms with Crippen molar-refractivity contribution in [2.45, 2.75) is 46.3 Å². The van der Waals surface area contributed by atoms with Crippen molar-refractivity contribution in [3.8, 4) is 11.1 Å². The first kappa shape index (κ1) is 31.4. The molecule has 11 nitrogen and oxygen atoms in total. The van der Waals surface area contributed by atoms with Crippen molar-refractivity contribution in [2.75, 3.05) is 18.4 Å². The van der Waals surface area contributed by atoms with Gasteiger partial charge in [0.2, 0.25) is 0 Å². The molecule has 2 saturated heterocycles. The lowest BCUT2D eigenvalue weighted by Crippen LogP contribution is -2.38. The molecule has 0 saturated carbocycles. The lowest BCUT2D eigenvalue weighted by atomic mass is 9.99. The summed E-state index contributed by atoms with van der Waals surface area (Å²) in [5, 5.41) is 5.50. The molecule has 2 amide bonds. The predicted molar refractivity (Wildman–Crippen MR) is 167 cm³/mol. The van der Waals surface area contributed by atoms with Gasteiger partial charge in [0, 0.05) is 41.2 Å². The highest BCUT2D eigenvalue weighted by Crippen LogP contribution is 2.34. The third-order valence-corrected chi connectivity index (χ3v) is 10.4. The Labute approximate surface area is 263 Å². The van der Waals surface area contributed by atoms with E-state index in [-0.39, 0.29) is 28.4 Å². The summed E-state index contributed by atoms with van der Waals surface area (Å²) in [6, 6.07) is 17.0. The molecule has 2 heterocycles. The van der Waals surface area contributed by atoms with Crippen LogP contribution in [-0.2, 0) is 31.5 Å². The molecular formula is C30H28FN3O8S3. The molecule has 0 aromatic heterocycles. The summed E-state index contributed by atoms with van der Waals surface area (Å²) in [6.45, 7) is 1.83. The summed E-state index contributed by atoms with van der Waals surface area (Å²) in [7, 11) is -9.69. The fraction of sp³-hybridized carbons (Fsp3) is 0.233. The van der Waals surface area contributed by atoms with Gasteiger partial charge in [0.25, 0.3) is 20.2 Å². The highest BCUT2D eigenvalue weighted by molar-refractivity contribution is 7.97. The van der Waals surface area contributed by atoms with E-state index in [1.165, 1.54) is 36.4 Å². The van der Waals surface area contributed by atoms with Crippen LogP contribution in [0.3, 0.4) is 0 Å². The number of carbonyl (C=O) groups is 1. The molecule has 2 unspecified atom stereocenters. The maximum atomic E-state index is 14.9. The molecule has 4 N–H and O–H groups in total. The number of anilines is 1. The van der Waals surface area contributed by atoms with Gasteiger partial charge < -0.3 is 15.4 Å². The monoisotopic (exact) mass is 673 g/mol. The van der Waals surface area contributed by atoms with E-state index in [2.05, 4.69) is 14.9 Å². The lowest BCUT2D eigenvalue weighted by Gasteiger charge is -2.30. The van der Waals surface area contributed by atoms with Crippen molar-refractivity contribution in [2.24, 2.45) is 0 Å². The number of hydrogen-bond acceptors (Lipinski definition) is 8. The highest BCUT2D eigenvalue weighted by atomic mass is 32.2. The Bertz CT molecular complexity index is 2000. The Morgan fingerprint density at radius 2 is 1.62 bits per heavy atom. The van der Waals surface area contributed by atoms with Gasteiger partial charge in [0.05, 0.1) is 17.1 Å². The number of morpholine rings is 1. The maximum absolute atomic E-state index is 14.9. The first-order chi connectivity index (χ1) is 21.3. The van der Waals surface area contributed by atoms with Gasteiger partial charge in [-0.1, -0.05) is 18.2 Å². The summed E-state index contributed by atoms with van der Waals surface area (Å²) >= 11 is 1.67. The van der Waals surface area contributed by atoms with Crippen LogP contribution in [0, 0.1) is 5.82 Å². The Morgan fingerprint density at radius 3 is 2.29 bits per heavy atom. The van der Waals surface area contributed by atoms with Crippen LogP contribution in [0.2, 0.25) is 0 Å². The van der Waals surface area contributed by atoms with E-state index < -0.39 is 41.9 Å². The zero-order valence-corrected chi connectivity index (χ0v) is 26.0. The molecule has 0 radical (unpaired) electrons. The smallest absolute Gasteiger partial charge is 0.319 e. The molecule has 2 fully saturated rings. The third kappa shape index (κ3) is 7.30. The normalized spacial score (nSPS) is 18.6. The van der Waals surface area contributed by atoms with Gasteiger partial charge in [-0.3, -0.25) is 9.11 Å². The van der Waals surface area contributed by atoms with E-state index in [0.717, 1.165) is 36.9 Å². The number of hydrogen-bond donors (Lipinski definition) is 4. The second kappa shape index (κ2) is 12.3. The van der Waals surface area contributed by atoms with Crippen LogP contribution in [0.25, 0.3) is 21.9 Å². The van der Waals surface area contributed by atoms with Crippen LogP contribution < -0.4 is 10.6 Å². The molecular weight excluding hydrogens is 646 g/mol. The van der Waals surface area contributed by atoms with Gasteiger partial charge >= 0.3 is 6.03 Å². The second-order valence-corrected chi connectivity index (χ2v) is 14.8. The molecule has 6 rings (SSSR count). The van der Waals surface area contributed by atoms with Gasteiger partial charge in [-0.15, -0.1) is 0 Å². The number of nitrogens with zero attached hydrogens (tertiary/aromatic N) is 1. The quantitative estimate of drug-likeness (QED) is 0.142. The number of rotatable bonds is 8. The first-order valence-electron chi connectivity index (χ1n) is 13.9. The number of ether oxygens (including phenoxy) is 1. The van der Waals surface area contributed by atoms with Crippen LogP contribution in [0.15, 0.2) is 87.5 Å². The van der Waals surface area contributed by atoms with Crippen molar-refractivity contribution < 1.29 is 39.9 Å². The fourth-order valence-corrected chi connectivity index (χ4v) is 7.87.